The van der Waals surface area contributed by atoms with Gasteiger partial charge in [-0.2, -0.15) is 0 Å². The standard InChI is InChI=1S/C28H41FN2/c1-4-6-8-10-22-12-14-23(15-13-22)21(3)26-19-30-28(31-20-26)25-17-16-24(27(29)18-25)11-9-7-5-2/h16-23H,4-15H2,1-3H3. The van der Waals surface area contributed by atoms with Crippen molar-refractivity contribution in [2.75, 3.05) is 0 Å². The van der Waals surface area contributed by atoms with E-state index in [1.807, 2.05) is 24.5 Å². The fraction of sp³-hybridized carbons (Fsp3) is 0.643. The third-order valence-electron chi connectivity index (χ3n) is 7.37. The molecule has 1 heterocycles. The van der Waals surface area contributed by atoms with Gasteiger partial charge >= 0.3 is 0 Å². The summed E-state index contributed by atoms with van der Waals surface area (Å²) in [5.74, 6) is 2.65. The Morgan fingerprint density at radius 2 is 1.61 bits per heavy atom. The quantitative estimate of drug-likeness (QED) is 0.338. The van der Waals surface area contributed by atoms with Crippen LogP contribution < -0.4 is 0 Å². The van der Waals surface area contributed by atoms with Crippen molar-refractivity contribution in [3.05, 3.63) is 47.5 Å². The maximum absolute atomic E-state index is 14.5. The summed E-state index contributed by atoms with van der Waals surface area (Å²) in [6, 6.07) is 5.46. The molecule has 1 aliphatic rings. The summed E-state index contributed by atoms with van der Waals surface area (Å²) in [6.45, 7) is 6.78. The van der Waals surface area contributed by atoms with E-state index in [4.69, 9.17) is 0 Å². The molecule has 0 N–H and O–H groups in total. The van der Waals surface area contributed by atoms with E-state index in [1.165, 1.54) is 56.9 Å². The summed E-state index contributed by atoms with van der Waals surface area (Å²) in [5, 5.41) is 0. The Bertz CT molecular complexity index is 778. The second kappa shape index (κ2) is 12.3. The molecule has 1 unspecified atom stereocenters. The van der Waals surface area contributed by atoms with Crippen molar-refractivity contribution in [1.82, 2.24) is 9.97 Å². The summed E-state index contributed by atoms with van der Waals surface area (Å²) >= 11 is 0. The third-order valence-corrected chi connectivity index (χ3v) is 7.37. The van der Waals surface area contributed by atoms with Crippen LogP contribution >= 0.6 is 0 Å². The van der Waals surface area contributed by atoms with E-state index < -0.39 is 0 Å². The van der Waals surface area contributed by atoms with Crippen molar-refractivity contribution < 1.29 is 4.39 Å². The Hall–Kier alpha value is -1.77. The lowest BCUT2D eigenvalue weighted by molar-refractivity contribution is 0.236. The van der Waals surface area contributed by atoms with Gasteiger partial charge in [0.15, 0.2) is 5.82 Å². The number of halogens is 1. The van der Waals surface area contributed by atoms with Gasteiger partial charge < -0.3 is 0 Å². The predicted molar refractivity (Wildman–Crippen MR) is 129 cm³/mol. The van der Waals surface area contributed by atoms with Gasteiger partial charge in [0.1, 0.15) is 5.82 Å². The van der Waals surface area contributed by atoms with Crippen LogP contribution in [0.2, 0.25) is 0 Å². The third kappa shape index (κ3) is 6.85. The maximum Gasteiger partial charge on any atom is 0.159 e. The van der Waals surface area contributed by atoms with Crippen molar-refractivity contribution in [1.29, 1.82) is 0 Å². The van der Waals surface area contributed by atoms with Crippen LogP contribution in [0.25, 0.3) is 11.4 Å². The van der Waals surface area contributed by atoms with Crippen LogP contribution in [0.1, 0.15) is 108 Å². The molecular weight excluding hydrogens is 383 g/mol. The van der Waals surface area contributed by atoms with Crippen LogP contribution in [0.4, 0.5) is 4.39 Å². The number of aromatic nitrogens is 2. The molecule has 2 aromatic rings. The van der Waals surface area contributed by atoms with Gasteiger partial charge in [0.25, 0.3) is 0 Å². The van der Waals surface area contributed by atoms with Gasteiger partial charge in [-0.25, -0.2) is 14.4 Å². The van der Waals surface area contributed by atoms with Crippen molar-refractivity contribution in [3.8, 4) is 11.4 Å². The lowest BCUT2D eigenvalue weighted by atomic mass is 9.73. The average molecular weight is 425 g/mol. The minimum Gasteiger partial charge on any atom is -0.236 e. The molecule has 3 rings (SSSR count). The van der Waals surface area contributed by atoms with Crippen molar-refractivity contribution in [2.24, 2.45) is 11.8 Å². The second-order valence-electron chi connectivity index (χ2n) is 9.67. The predicted octanol–water partition coefficient (Wildman–Crippen LogP) is 8.51. The van der Waals surface area contributed by atoms with Gasteiger partial charge in [-0.1, -0.05) is 84.3 Å². The number of benzene rings is 1. The highest BCUT2D eigenvalue weighted by molar-refractivity contribution is 5.55. The molecule has 1 aromatic carbocycles. The fourth-order valence-corrected chi connectivity index (χ4v) is 5.11. The van der Waals surface area contributed by atoms with E-state index in [2.05, 4.69) is 30.7 Å². The molecule has 31 heavy (non-hydrogen) atoms. The summed E-state index contributed by atoms with van der Waals surface area (Å²) in [5.41, 5.74) is 2.78. The minimum atomic E-state index is -0.134. The van der Waals surface area contributed by atoms with E-state index in [0.717, 1.165) is 48.6 Å². The van der Waals surface area contributed by atoms with Gasteiger partial charge in [-0.05, 0) is 60.6 Å². The molecular formula is C28H41FN2. The second-order valence-corrected chi connectivity index (χ2v) is 9.67. The molecule has 1 atom stereocenters. The normalized spacial score (nSPS) is 20.0. The van der Waals surface area contributed by atoms with Crippen molar-refractivity contribution in [2.45, 2.75) is 104 Å². The Labute approximate surface area is 189 Å². The number of aryl methyl sites for hydroxylation is 1. The minimum absolute atomic E-state index is 0.134. The molecule has 3 heteroatoms. The smallest absolute Gasteiger partial charge is 0.159 e. The van der Waals surface area contributed by atoms with E-state index in [-0.39, 0.29) is 5.82 Å². The van der Waals surface area contributed by atoms with Crippen LogP contribution in [-0.4, -0.2) is 9.97 Å². The Kier molecular flexibility index (Phi) is 9.49. The van der Waals surface area contributed by atoms with Crippen molar-refractivity contribution >= 4 is 0 Å². The highest BCUT2D eigenvalue weighted by Crippen LogP contribution is 2.39. The topological polar surface area (TPSA) is 25.8 Å². The zero-order valence-electron chi connectivity index (χ0n) is 19.9. The van der Waals surface area contributed by atoms with Crippen LogP contribution in [0, 0.1) is 17.7 Å². The van der Waals surface area contributed by atoms with Crippen LogP contribution in [0.3, 0.4) is 0 Å². The van der Waals surface area contributed by atoms with Gasteiger partial charge in [0, 0.05) is 18.0 Å². The van der Waals surface area contributed by atoms with Crippen molar-refractivity contribution in [3.63, 3.8) is 0 Å². The van der Waals surface area contributed by atoms with E-state index in [9.17, 15) is 4.39 Å². The molecule has 1 saturated carbocycles. The SMILES string of the molecule is CCCCCc1ccc(-c2ncc(C(C)C3CCC(CCCCC)CC3)cn2)cc1F. The molecule has 1 aliphatic carbocycles. The highest BCUT2D eigenvalue weighted by Gasteiger charge is 2.26. The maximum atomic E-state index is 14.5. The van der Waals surface area contributed by atoms with E-state index in [1.54, 1.807) is 6.07 Å². The largest absolute Gasteiger partial charge is 0.236 e. The Morgan fingerprint density at radius 3 is 2.26 bits per heavy atom. The molecule has 0 radical (unpaired) electrons. The Morgan fingerprint density at radius 1 is 0.935 bits per heavy atom. The summed E-state index contributed by atoms with van der Waals surface area (Å²) in [7, 11) is 0. The first kappa shape index (κ1) is 23.9. The zero-order valence-corrected chi connectivity index (χ0v) is 19.9. The molecule has 0 amide bonds. The van der Waals surface area contributed by atoms with Gasteiger partial charge in [0.05, 0.1) is 0 Å². The first-order chi connectivity index (χ1) is 15.1. The van der Waals surface area contributed by atoms with E-state index >= 15 is 0 Å². The number of rotatable bonds is 11. The van der Waals surface area contributed by atoms with Crippen LogP contribution in [-0.2, 0) is 6.42 Å². The number of nitrogens with zero attached hydrogens (tertiary/aromatic N) is 2. The molecule has 170 valence electrons. The molecule has 0 spiro atoms. The summed E-state index contributed by atoms with van der Waals surface area (Å²) in [4.78, 5) is 9.20. The average Bonchev–Trinajstić information content (AvgIpc) is 2.80. The lowest BCUT2D eigenvalue weighted by Crippen LogP contribution is -2.19. The fourth-order valence-electron chi connectivity index (χ4n) is 5.11. The molecule has 0 aliphatic heterocycles. The van der Waals surface area contributed by atoms with Gasteiger partial charge in [0.2, 0.25) is 0 Å². The monoisotopic (exact) mass is 424 g/mol. The first-order valence-corrected chi connectivity index (χ1v) is 12.7. The summed E-state index contributed by atoms with van der Waals surface area (Å²) in [6.07, 6.45) is 19.0. The van der Waals surface area contributed by atoms with Gasteiger partial charge in [-0.3, -0.25) is 0 Å². The molecule has 1 fully saturated rings. The van der Waals surface area contributed by atoms with E-state index in [0.29, 0.717) is 11.7 Å². The Balaban J connectivity index is 1.56. The molecule has 2 nitrogen and oxygen atoms in total. The number of hydrogen-bond donors (Lipinski definition) is 0. The first-order valence-electron chi connectivity index (χ1n) is 12.7. The molecule has 1 aromatic heterocycles. The molecule has 0 saturated heterocycles. The van der Waals surface area contributed by atoms with Crippen LogP contribution in [0.15, 0.2) is 30.6 Å². The van der Waals surface area contributed by atoms with Gasteiger partial charge in [-0.15, -0.1) is 0 Å². The number of unbranched alkanes of at least 4 members (excludes halogenated alkanes) is 4. The lowest BCUT2D eigenvalue weighted by Gasteiger charge is -2.32. The highest BCUT2D eigenvalue weighted by atomic mass is 19.1. The summed E-state index contributed by atoms with van der Waals surface area (Å²) < 4.78 is 14.5. The zero-order chi connectivity index (χ0) is 22.1. The van der Waals surface area contributed by atoms with Crippen LogP contribution in [0.5, 0.6) is 0 Å². The molecule has 0 bridgehead atoms. The number of hydrogen-bond acceptors (Lipinski definition) is 2.